The number of aliphatic carboxylic acids is 1. The van der Waals surface area contributed by atoms with Gasteiger partial charge in [-0.1, -0.05) is 30.3 Å². The van der Waals surface area contributed by atoms with Gasteiger partial charge in [-0.2, -0.15) is 0 Å². The Balaban J connectivity index is 2.43. The Morgan fingerprint density at radius 2 is 2.00 bits per heavy atom. The normalized spacial score (nSPS) is 19.8. The standard InChI is InChI=1S/C14H19NO4/c1-2-19-14(13(16)17,12-6-4-3-5-7-12)15-8-10-18-11-9-15/h3-7H,2,8-11H2,1H3,(H,16,17). The van der Waals surface area contributed by atoms with Crippen molar-refractivity contribution in [1.82, 2.24) is 4.90 Å². The quantitative estimate of drug-likeness (QED) is 0.869. The number of carbonyl (C=O) groups is 1. The molecular weight excluding hydrogens is 246 g/mol. The lowest BCUT2D eigenvalue weighted by Gasteiger charge is -2.42. The van der Waals surface area contributed by atoms with Gasteiger partial charge < -0.3 is 14.6 Å². The first kappa shape index (κ1) is 14.0. The van der Waals surface area contributed by atoms with E-state index in [-0.39, 0.29) is 0 Å². The lowest BCUT2D eigenvalue weighted by Crippen LogP contribution is -2.57. The van der Waals surface area contributed by atoms with Gasteiger partial charge in [-0.3, -0.25) is 4.90 Å². The Morgan fingerprint density at radius 3 is 2.53 bits per heavy atom. The monoisotopic (exact) mass is 265 g/mol. The van der Waals surface area contributed by atoms with Crippen molar-refractivity contribution in [3.63, 3.8) is 0 Å². The zero-order valence-corrected chi connectivity index (χ0v) is 11.0. The van der Waals surface area contributed by atoms with Crippen molar-refractivity contribution in [2.75, 3.05) is 32.9 Å². The molecule has 104 valence electrons. The minimum Gasteiger partial charge on any atom is -0.478 e. The summed E-state index contributed by atoms with van der Waals surface area (Å²) in [6, 6.07) is 9.10. The summed E-state index contributed by atoms with van der Waals surface area (Å²) in [5.41, 5.74) is -0.772. The Morgan fingerprint density at radius 1 is 1.37 bits per heavy atom. The van der Waals surface area contributed by atoms with Gasteiger partial charge in [-0.15, -0.1) is 0 Å². The average molecular weight is 265 g/mol. The number of nitrogens with zero attached hydrogens (tertiary/aromatic N) is 1. The highest BCUT2D eigenvalue weighted by Gasteiger charge is 2.47. The first-order valence-electron chi connectivity index (χ1n) is 6.47. The van der Waals surface area contributed by atoms with Crippen LogP contribution in [0.25, 0.3) is 0 Å². The van der Waals surface area contributed by atoms with Crippen LogP contribution in [0.1, 0.15) is 12.5 Å². The fourth-order valence-electron chi connectivity index (χ4n) is 2.43. The third-order valence-electron chi connectivity index (χ3n) is 3.26. The topological polar surface area (TPSA) is 59.0 Å². The molecule has 1 heterocycles. The van der Waals surface area contributed by atoms with Crippen LogP contribution in [0.15, 0.2) is 30.3 Å². The number of carboxylic acid groups (broad SMARTS) is 1. The van der Waals surface area contributed by atoms with Gasteiger partial charge in [-0.25, -0.2) is 4.79 Å². The van der Waals surface area contributed by atoms with Gasteiger partial charge in [0, 0.05) is 25.3 Å². The van der Waals surface area contributed by atoms with Crippen LogP contribution in [-0.2, 0) is 20.0 Å². The van der Waals surface area contributed by atoms with Gasteiger partial charge in [-0.05, 0) is 6.92 Å². The molecule has 1 atom stereocenters. The number of carboxylic acids is 1. The van der Waals surface area contributed by atoms with Gasteiger partial charge in [0.1, 0.15) is 0 Å². The predicted molar refractivity (Wildman–Crippen MR) is 69.8 cm³/mol. The fraction of sp³-hybridized carbons (Fsp3) is 0.500. The number of hydrogen-bond donors (Lipinski definition) is 1. The molecule has 0 aliphatic carbocycles. The van der Waals surface area contributed by atoms with E-state index in [0.717, 1.165) is 0 Å². The smallest absolute Gasteiger partial charge is 0.356 e. The molecule has 5 heteroatoms. The highest BCUT2D eigenvalue weighted by molar-refractivity contribution is 5.79. The molecule has 0 spiro atoms. The zero-order valence-electron chi connectivity index (χ0n) is 11.0. The molecule has 1 N–H and O–H groups in total. The number of benzene rings is 1. The van der Waals surface area contributed by atoms with Gasteiger partial charge in [0.15, 0.2) is 0 Å². The van der Waals surface area contributed by atoms with Crippen molar-refractivity contribution in [2.45, 2.75) is 12.6 Å². The van der Waals surface area contributed by atoms with Gasteiger partial charge in [0.25, 0.3) is 0 Å². The molecule has 1 aromatic rings. The average Bonchev–Trinajstić information content (AvgIpc) is 2.46. The fourth-order valence-corrected chi connectivity index (χ4v) is 2.43. The number of hydrogen-bond acceptors (Lipinski definition) is 4. The first-order chi connectivity index (χ1) is 9.21. The van der Waals surface area contributed by atoms with E-state index < -0.39 is 11.7 Å². The summed E-state index contributed by atoms with van der Waals surface area (Å²) in [5.74, 6) is -0.984. The summed E-state index contributed by atoms with van der Waals surface area (Å²) in [6.07, 6.45) is 0. The molecule has 0 radical (unpaired) electrons. The van der Waals surface area contributed by atoms with Crippen LogP contribution in [0.4, 0.5) is 0 Å². The van der Waals surface area contributed by atoms with E-state index in [0.29, 0.717) is 38.5 Å². The Labute approximate surface area is 112 Å². The van der Waals surface area contributed by atoms with Crippen molar-refractivity contribution < 1.29 is 19.4 Å². The predicted octanol–water partition coefficient (Wildman–Crippen LogP) is 1.29. The molecule has 1 fully saturated rings. The molecule has 1 aliphatic heterocycles. The molecule has 0 amide bonds. The maximum atomic E-state index is 11.9. The minimum atomic E-state index is -1.42. The molecule has 1 aromatic carbocycles. The van der Waals surface area contributed by atoms with Crippen molar-refractivity contribution in [3.8, 4) is 0 Å². The number of morpholine rings is 1. The van der Waals surface area contributed by atoms with Crippen LogP contribution >= 0.6 is 0 Å². The lowest BCUT2D eigenvalue weighted by molar-refractivity contribution is -0.210. The molecule has 2 rings (SSSR count). The van der Waals surface area contributed by atoms with Crippen molar-refractivity contribution >= 4 is 5.97 Å². The van der Waals surface area contributed by atoms with E-state index in [1.54, 1.807) is 19.1 Å². The molecule has 1 aliphatic rings. The maximum absolute atomic E-state index is 11.9. The summed E-state index contributed by atoms with van der Waals surface area (Å²) in [6.45, 7) is 4.27. The summed E-state index contributed by atoms with van der Waals surface area (Å²) in [5, 5.41) is 9.75. The summed E-state index contributed by atoms with van der Waals surface area (Å²) in [7, 11) is 0. The largest absolute Gasteiger partial charge is 0.478 e. The van der Waals surface area contributed by atoms with E-state index in [1.807, 2.05) is 23.1 Å². The van der Waals surface area contributed by atoms with Crippen LogP contribution in [0.2, 0.25) is 0 Å². The first-order valence-corrected chi connectivity index (χ1v) is 6.47. The Hall–Kier alpha value is -1.43. The Bertz CT molecular complexity index is 417. The Kier molecular flexibility index (Phi) is 4.52. The molecule has 0 saturated carbocycles. The summed E-state index contributed by atoms with van der Waals surface area (Å²) >= 11 is 0. The highest BCUT2D eigenvalue weighted by Crippen LogP contribution is 2.31. The van der Waals surface area contributed by atoms with Gasteiger partial charge in [0.2, 0.25) is 5.72 Å². The number of ether oxygens (including phenoxy) is 2. The molecule has 1 unspecified atom stereocenters. The second-order valence-corrected chi connectivity index (χ2v) is 4.35. The third kappa shape index (κ3) is 2.63. The van der Waals surface area contributed by atoms with Gasteiger partial charge >= 0.3 is 5.97 Å². The van der Waals surface area contributed by atoms with Crippen molar-refractivity contribution in [2.24, 2.45) is 0 Å². The van der Waals surface area contributed by atoms with Crippen LogP contribution < -0.4 is 0 Å². The van der Waals surface area contributed by atoms with Crippen LogP contribution in [0.3, 0.4) is 0 Å². The van der Waals surface area contributed by atoms with E-state index in [4.69, 9.17) is 9.47 Å². The molecule has 1 saturated heterocycles. The van der Waals surface area contributed by atoms with Crippen LogP contribution in [-0.4, -0.2) is 48.9 Å². The van der Waals surface area contributed by atoms with Gasteiger partial charge in [0.05, 0.1) is 13.2 Å². The minimum absolute atomic E-state index is 0.332. The van der Waals surface area contributed by atoms with Crippen LogP contribution in [0, 0.1) is 0 Å². The third-order valence-corrected chi connectivity index (χ3v) is 3.26. The lowest BCUT2D eigenvalue weighted by atomic mass is 10.00. The van der Waals surface area contributed by atoms with E-state index in [1.165, 1.54) is 0 Å². The zero-order chi connectivity index (χ0) is 13.7. The molecule has 0 aromatic heterocycles. The second-order valence-electron chi connectivity index (χ2n) is 4.35. The van der Waals surface area contributed by atoms with E-state index in [9.17, 15) is 9.90 Å². The second kappa shape index (κ2) is 6.14. The van der Waals surface area contributed by atoms with Crippen molar-refractivity contribution in [3.05, 3.63) is 35.9 Å². The molecular formula is C14H19NO4. The summed E-state index contributed by atoms with van der Waals surface area (Å²) in [4.78, 5) is 13.7. The van der Waals surface area contributed by atoms with E-state index >= 15 is 0 Å². The highest BCUT2D eigenvalue weighted by atomic mass is 16.5. The molecule has 19 heavy (non-hydrogen) atoms. The van der Waals surface area contributed by atoms with Crippen LogP contribution in [0.5, 0.6) is 0 Å². The number of rotatable bonds is 5. The summed E-state index contributed by atoms with van der Waals surface area (Å²) < 4.78 is 11.0. The maximum Gasteiger partial charge on any atom is 0.356 e. The molecule has 0 bridgehead atoms. The SMILES string of the molecule is CCOC(C(=O)O)(c1ccccc1)N1CCOCC1. The van der Waals surface area contributed by atoms with Crippen molar-refractivity contribution in [1.29, 1.82) is 0 Å². The van der Waals surface area contributed by atoms with E-state index in [2.05, 4.69) is 0 Å². The molecule has 5 nitrogen and oxygen atoms in total.